The summed E-state index contributed by atoms with van der Waals surface area (Å²) in [5, 5.41) is 3.57. The Morgan fingerprint density at radius 1 is 1.20 bits per heavy atom. The molecule has 1 aliphatic heterocycles. The van der Waals surface area contributed by atoms with E-state index in [0.29, 0.717) is 12.1 Å². The van der Waals surface area contributed by atoms with E-state index in [1.54, 1.807) is 0 Å². The maximum absolute atomic E-state index is 5.92. The van der Waals surface area contributed by atoms with E-state index in [2.05, 4.69) is 17.1 Å². The molecule has 20 heavy (non-hydrogen) atoms. The van der Waals surface area contributed by atoms with E-state index < -0.39 is 0 Å². The fourth-order valence-corrected chi connectivity index (χ4v) is 3.40. The zero-order chi connectivity index (χ0) is 14.0. The Morgan fingerprint density at radius 3 is 3.00 bits per heavy atom. The van der Waals surface area contributed by atoms with Gasteiger partial charge in [-0.3, -0.25) is 4.90 Å². The lowest BCUT2D eigenvalue weighted by molar-refractivity contribution is -0.0873. The van der Waals surface area contributed by atoms with E-state index in [1.165, 1.54) is 45.1 Å². The van der Waals surface area contributed by atoms with Crippen LogP contribution in [0.1, 0.15) is 45.4 Å². The topological polar surface area (TPSA) is 33.7 Å². The van der Waals surface area contributed by atoms with Crippen LogP contribution in [-0.4, -0.2) is 63.0 Å². The van der Waals surface area contributed by atoms with E-state index in [0.717, 1.165) is 39.5 Å². The van der Waals surface area contributed by atoms with Crippen molar-refractivity contribution < 1.29 is 9.47 Å². The van der Waals surface area contributed by atoms with Crippen LogP contribution in [0.25, 0.3) is 0 Å². The van der Waals surface area contributed by atoms with E-state index in [1.807, 2.05) is 0 Å². The highest BCUT2D eigenvalue weighted by Crippen LogP contribution is 2.27. The van der Waals surface area contributed by atoms with Crippen molar-refractivity contribution in [3.05, 3.63) is 0 Å². The van der Waals surface area contributed by atoms with Crippen molar-refractivity contribution in [3.8, 4) is 0 Å². The largest absolute Gasteiger partial charge is 0.382 e. The van der Waals surface area contributed by atoms with Crippen LogP contribution in [0.2, 0.25) is 0 Å². The number of ether oxygens (including phenoxy) is 2. The SMILES string of the molecule is CCOCCCCNCCN1CCOC2CCCCC21. The lowest BCUT2D eigenvalue weighted by Crippen LogP contribution is -2.54. The number of morpholine rings is 1. The maximum Gasteiger partial charge on any atom is 0.0730 e. The summed E-state index contributed by atoms with van der Waals surface area (Å²) in [6.07, 6.45) is 8.24. The third-order valence-corrected chi connectivity index (χ3v) is 4.52. The minimum Gasteiger partial charge on any atom is -0.382 e. The van der Waals surface area contributed by atoms with E-state index in [-0.39, 0.29) is 0 Å². The van der Waals surface area contributed by atoms with Crippen molar-refractivity contribution in [2.75, 3.05) is 46.0 Å². The molecule has 4 heteroatoms. The van der Waals surface area contributed by atoms with Crippen molar-refractivity contribution in [2.45, 2.75) is 57.6 Å². The molecule has 0 aromatic carbocycles. The molecule has 2 rings (SSSR count). The predicted octanol–water partition coefficient (Wildman–Crippen LogP) is 2.04. The summed E-state index contributed by atoms with van der Waals surface area (Å²) in [5.74, 6) is 0. The molecule has 118 valence electrons. The van der Waals surface area contributed by atoms with Gasteiger partial charge in [0.05, 0.1) is 12.7 Å². The molecule has 2 atom stereocenters. The summed E-state index contributed by atoms with van der Waals surface area (Å²) in [6, 6.07) is 0.692. The van der Waals surface area contributed by atoms with Crippen LogP contribution in [0.4, 0.5) is 0 Å². The molecule has 0 aromatic rings. The molecule has 1 N–H and O–H groups in total. The highest BCUT2D eigenvalue weighted by Gasteiger charge is 2.33. The van der Waals surface area contributed by atoms with Gasteiger partial charge >= 0.3 is 0 Å². The van der Waals surface area contributed by atoms with Gasteiger partial charge in [-0.1, -0.05) is 12.8 Å². The number of nitrogens with zero attached hydrogens (tertiary/aromatic N) is 1. The average molecular weight is 284 g/mol. The second-order valence-corrected chi connectivity index (χ2v) is 5.95. The lowest BCUT2D eigenvalue weighted by atomic mass is 9.90. The second kappa shape index (κ2) is 9.72. The van der Waals surface area contributed by atoms with Crippen molar-refractivity contribution in [1.82, 2.24) is 10.2 Å². The number of fused-ring (bicyclic) bond motifs is 1. The number of unbranched alkanes of at least 4 members (excludes halogenated alkanes) is 1. The Morgan fingerprint density at radius 2 is 2.10 bits per heavy atom. The molecule has 1 saturated heterocycles. The first kappa shape index (κ1) is 16.2. The highest BCUT2D eigenvalue weighted by molar-refractivity contribution is 4.87. The monoisotopic (exact) mass is 284 g/mol. The molecule has 0 aromatic heterocycles. The lowest BCUT2D eigenvalue weighted by Gasteiger charge is -2.43. The predicted molar refractivity (Wildman–Crippen MR) is 82.2 cm³/mol. The van der Waals surface area contributed by atoms with Gasteiger partial charge in [0.25, 0.3) is 0 Å². The highest BCUT2D eigenvalue weighted by atomic mass is 16.5. The van der Waals surface area contributed by atoms with Crippen LogP contribution in [0, 0.1) is 0 Å². The Labute approximate surface area is 124 Å². The molecule has 4 nitrogen and oxygen atoms in total. The molecule has 0 bridgehead atoms. The molecule has 1 saturated carbocycles. The molecule has 2 aliphatic rings. The van der Waals surface area contributed by atoms with Gasteiger partial charge in [0.2, 0.25) is 0 Å². The first-order valence-corrected chi connectivity index (χ1v) is 8.56. The zero-order valence-electron chi connectivity index (χ0n) is 13.1. The molecular weight excluding hydrogens is 252 g/mol. The van der Waals surface area contributed by atoms with Crippen LogP contribution in [0.5, 0.6) is 0 Å². The second-order valence-electron chi connectivity index (χ2n) is 5.95. The molecule has 2 fully saturated rings. The quantitative estimate of drug-likeness (QED) is 0.657. The standard InChI is InChI=1S/C16H32N2O2/c1-2-19-13-6-5-9-17-10-11-18-12-14-20-16-8-4-3-7-15(16)18/h15-17H,2-14H2,1H3. The molecule has 1 aliphatic carbocycles. The van der Waals surface area contributed by atoms with Crippen LogP contribution >= 0.6 is 0 Å². The van der Waals surface area contributed by atoms with E-state index >= 15 is 0 Å². The number of hydrogen-bond acceptors (Lipinski definition) is 4. The van der Waals surface area contributed by atoms with E-state index in [9.17, 15) is 0 Å². The van der Waals surface area contributed by atoms with Crippen molar-refractivity contribution in [2.24, 2.45) is 0 Å². The van der Waals surface area contributed by atoms with E-state index in [4.69, 9.17) is 9.47 Å². The van der Waals surface area contributed by atoms with Crippen molar-refractivity contribution in [1.29, 1.82) is 0 Å². The minimum absolute atomic E-state index is 0.517. The van der Waals surface area contributed by atoms with Gasteiger partial charge in [-0.15, -0.1) is 0 Å². The van der Waals surface area contributed by atoms with Gasteiger partial charge < -0.3 is 14.8 Å². The molecule has 2 unspecified atom stereocenters. The number of rotatable bonds is 9. The zero-order valence-corrected chi connectivity index (χ0v) is 13.1. The normalized spacial score (nSPS) is 27.4. The number of nitrogens with one attached hydrogen (secondary N) is 1. The van der Waals surface area contributed by atoms with Crippen LogP contribution in [-0.2, 0) is 9.47 Å². The van der Waals surface area contributed by atoms with Crippen molar-refractivity contribution >= 4 is 0 Å². The van der Waals surface area contributed by atoms with Crippen molar-refractivity contribution in [3.63, 3.8) is 0 Å². The Bertz CT molecular complexity index is 249. The van der Waals surface area contributed by atoms with Gasteiger partial charge in [0.15, 0.2) is 0 Å². The molecule has 0 spiro atoms. The van der Waals surface area contributed by atoms with Gasteiger partial charge in [0, 0.05) is 38.9 Å². The summed E-state index contributed by atoms with van der Waals surface area (Å²) in [5.41, 5.74) is 0. The molecular formula is C16H32N2O2. The smallest absolute Gasteiger partial charge is 0.0730 e. The van der Waals surface area contributed by atoms with Crippen LogP contribution < -0.4 is 5.32 Å². The Hall–Kier alpha value is -0.160. The average Bonchev–Trinajstić information content (AvgIpc) is 2.50. The van der Waals surface area contributed by atoms with Gasteiger partial charge in [-0.2, -0.15) is 0 Å². The molecule has 0 amide bonds. The third kappa shape index (κ3) is 5.32. The van der Waals surface area contributed by atoms with Gasteiger partial charge in [-0.25, -0.2) is 0 Å². The minimum atomic E-state index is 0.517. The molecule has 1 heterocycles. The summed E-state index contributed by atoms with van der Waals surface area (Å²) in [6.45, 7) is 9.25. The third-order valence-electron chi connectivity index (χ3n) is 4.52. The first-order valence-electron chi connectivity index (χ1n) is 8.56. The molecule has 0 radical (unpaired) electrons. The summed E-state index contributed by atoms with van der Waals surface area (Å²) < 4.78 is 11.3. The summed E-state index contributed by atoms with van der Waals surface area (Å²) >= 11 is 0. The summed E-state index contributed by atoms with van der Waals surface area (Å²) in [7, 11) is 0. The number of hydrogen-bond donors (Lipinski definition) is 1. The maximum atomic E-state index is 5.92. The van der Waals surface area contributed by atoms with Gasteiger partial charge in [0.1, 0.15) is 0 Å². The van der Waals surface area contributed by atoms with Crippen LogP contribution in [0.15, 0.2) is 0 Å². The Kier molecular flexibility index (Phi) is 7.88. The fourth-order valence-electron chi connectivity index (χ4n) is 3.40. The first-order chi connectivity index (χ1) is 9.92. The Balaban J connectivity index is 1.52. The van der Waals surface area contributed by atoms with Gasteiger partial charge in [-0.05, 0) is 39.2 Å². The summed E-state index contributed by atoms with van der Waals surface area (Å²) in [4.78, 5) is 2.65. The van der Waals surface area contributed by atoms with Crippen LogP contribution in [0.3, 0.4) is 0 Å². The fraction of sp³-hybridized carbons (Fsp3) is 1.00.